The van der Waals surface area contributed by atoms with E-state index in [1.807, 2.05) is 32.0 Å². The van der Waals surface area contributed by atoms with E-state index in [0.29, 0.717) is 17.1 Å². The zero-order valence-corrected chi connectivity index (χ0v) is 10.4. The number of hydrogen-bond donors (Lipinski definition) is 2. The third kappa shape index (κ3) is 2.25. The highest BCUT2D eigenvalue weighted by atomic mass is 15.0. The SMILES string of the molecule is Cc1cnc(Nc2cccc(C)c2C#N)cc1N. The number of pyridine rings is 1. The van der Waals surface area contributed by atoms with Gasteiger partial charge >= 0.3 is 0 Å². The fourth-order valence-corrected chi connectivity index (χ4v) is 1.67. The van der Waals surface area contributed by atoms with Crippen molar-refractivity contribution in [1.82, 2.24) is 4.98 Å². The molecule has 4 nitrogen and oxygen atoms in total. The average molecular weight is 238 g/mol. The summed E-state index contributed by atoms with van der Waals surface area (Å²) in [6, 6.07) is 9.60. The van der Waals surface area contributed by atoms with Crippen molar-refractivity contribution in [2.24, 2.45) is 0 Å². The van der Waals surface area contributed by atoms with E-state index in [0.717, 1.165) is 16.8 Å². The molecule has 0 saturated carbocycles. The summed E-state index contributed by atoms with van der Waals surface area (Å²) in [4.78, 5) is 4.24. The second-order valence-corrected chi connectivity index (χ2v) is 4.16. The number of aryl methyl sites for hydroxylation is 2. The van der Waals surface area contributed by atoms with Gasteiger partial charge in [-0.25, -0.2) is 4.98 Å². The summed E-state index contributed by atoms with van der Waals surface area (Å²) in [7, 11) is 0. The summed E-state index contributed by atoms with van der Waals surface area (Å²) in [5.41, 5.74) is 9.74. The minimum absolute atomic E-state index is 0.624. The van der Waals surface area contributed by atoms with Crippen molar-refractivity contribution in [2.75, 3.05) is 11.1 Å². The minimum atomic E-state index is 0.624. The molecule has 0 atom stereocenters. The van der Waals surface area contributed by atoms with Gasteiger partial charge < -0.3 is 11.1 Å². The molecule has 1 aromatic heterocycles. The molecule has 0 saturated heterocycles. The fourth-order valence-electron chi connectivity index (χ4n) is 1.67. The summed E-state index contributed by atoms with van der Waals surface area (Å²) >= 11 is 0. The topological polar surface area (TPSA) is 74.7 Å². The summed E-state index contributed by atoms with van der Waals surface area (Å²) in [5.74, 6) is 0.639. The first kappa shape index (κ1) is 11.9. The Balaban J connectivity index is 2.37. The molecule has 2 rings (SSSR count). The smallest absolute Gasteiger partial charge is 0.132 e. The first-order valence-electron chi connectivity index (χ1n) is 5.60. The lowest BCUT2D eigenvalue weighted by Gasteiger charge is -2.10. The van der Waals surface area contributed by atoms with Crippen LogP contribution >= 0.6 is 0 Å². The molecule has 0 bridgehead atoms. The van der Waals surface area contributed by atoms with E-state index >= 15 is 0 Å². The monoisotopic (exact) mass is 238 g/mol. The number of hydrogen-bond acceptors (Lipinski definition) is 4. The number of nitrogens with zero attached hydrogens (tertiary/aromatic N) is 2. The lowest BCUT2D eigenvalue weighted by atomic mass is 10.1. The molecule has 0 aliphatic heterocycles. The van der Waals surface area contributed by atoms with Crippen LogP contribution in [0.2, 0.25) is 0 Å². The zero-order valence-electron chi connectivity index (χ0n) is 10.4. The van der Waals surface area contributed by atoms with Crippen LogP contribution in [0.5, 0.6) is 0 Å². The molecule has 0 amide bonds. The van der Waals surface area contributed by atoms with E-state index in [-0.39, 0.29) is 0 Å². The fraction of sp³-hybridized carbons (Fsp3) is 0.143. The highest BCUT2D eigenvalue weighted by Crippen LogP contribution is 2.23. The number of rotatable bonds is 2. The molecule has 0 spiro atoms. The number of anilines is 3. The van der Waals surface area contributed by atoms with Crippen molar-refractivity contribution in [3.05, 3.63) is 47.2 Å². The first-order valence-corrected chi connectivity index (χ1v) is 5.60. The molecule has 3 N–H and O–H groups in total. The Hall–Kier alpha value is -2.54. The van der Waals surface area contributed by atoms with Gasteiger partial charge in [0.05, 0.1) is 11.3 Å². The van der Waals surface area contributed by atoms with Gasteiger partial charge in [-0.3, -0.25) is 0 Å². The van der Waals surface area contributed by atoms with Gasteiger partial charge in [-0.1, -0.05) is 12.1 Å². The zero-order chi connectivity index (χ0) is 13.1. The minimum Gasteiger partial charge on any atom is -0.398 e. The predicted octanol–water partition coefficient (Wildman–Crippen LogP) is 2.90. The Morgan fingerprint density at radius 1 is 1.28 bits per heavy atom. The van der Waals surface area contributed by atoms with E-state index in [1.54, 1.807) is 12.3 Å². The van der Waals surface area contributed by atoms with Crippen LogP contribution in [-0.4, -0.2) is 4.98 Å². The van der Waals surface area contributed by atoms with Crippen LogP contribution in [0.25, 0.3) is 0 Å². The second-order valence-electron chi connectivity index (χ2n) is 4.16. The molecule has 0 unspecified atom stereocenters. The van der Waals surface area contributed by atoms with Crippen LogP contribution in [-0.2, 0) is 0 Å². The largest absolute Gasteiger partial charge is 0.398 e. The third-order valence-corrected chi connectivity index (χ3v) is 2.79. The molecule has 2 aromatic rings. The third-order valence-electron chi connectivity index (χ3n) is 2.79. The Morgan fingerprint density at radius 2 is 2.06 bits per heavy atom. The van der Waals surface area contributed by atoms with Crippen LogP contribution in [0.3, 0.4) is 0 Å². The van der Waals surface area contributed by atoms with Gasteiger partial charge in [-0.05, 0) is 31.0 Å². The van der Waals surface area contributed by atoms with Gasteiger partial charge in [0.15, 0.2) is 0 Å². The molecule has 0 aliphatic rings. The average Bonchev–Trinajstić information content (AvgIpc) is 2.34. The molecule has 0 fully saturated rings. The maximum Gasteiger partial charge on any atom is 0.132 e. The van der Waals surface area contributed by atoms with Gasteiger partial charge in [-0.15, -0.1) is 0 Å². The van der Waals surface area contributed by atoms with Gasteiger partial charge in [0, 0.05) is 18.0 Å². The summed E-state index contributed by atoms with van der Waals surface area (Å²) in [6.45, 7) is 3.81. The number of benzene rings is 1. The molecule has 1 aromatic carbocycles. The van der Waals surface area contributed by atoms with Crippen LogP contribution in [0, 0.1) is 25.2 Å². The quantitative estimate of drug-likeness (QED) is 0.843. The molecular weight excluding hydrogens is 224 g/mol. The van der Waals surface area contributed by atoms with E-state index in [1.165, 1.54) is 0 Å². The number of nitrogens with two attached hydrogens (primary N) is 1. The van der Waals surface area contributed by atoms with Crippen molar-refractivity contribution in [3.8, 4) is 6.07 Å². The molecule has 1 heterocycles. The van der Waals surface area contributed by atoms with Crippen molar-refractivity contribution >= 4 is 17.2 Å². The maximum absolute atomic E-state index is 9.14. The van der Waals surface area contributed by atoms with Crippen LogP contribution in [0.1, 0.15) is 16.7 Å². The molecule has 4 heteroatoms. The molecule has 0 aliphatic carbocycles. The standard InChI is InChI=1S/C14H14N4/c1-9-4-3-5-13(11(9)7-15)18-14-6-12(16)10(2)8-17-14/h3-6,8H,1-2H3,(H3,16,17,18). The number of nitriles is 1. The second kappa shape index (κ2) is 4.76. The van der Waals surface area contributed by atoms with E-state index in [9.17, 15) is 0 Å². The highest BCUT2D eigenvalue weighted by molar-refractivity contribution is 5.68. The van der Waals surface area contributed by atoms with Crippen molar-refractivity contribution in [1.29, 1.82) is 5.26 Å². The van der Waals surface area contributed by atoms with Gasteiger partial charge in [0.2, 0.25) is 0 Å². The van der Waals surface area contributed by atoms with Crippen LogP contribution in [0.4, 0.5) is 17.2 Å². The Morgan fingerprint density at radius 3 is 2.72 bits per heavy atom. The summed E-state index contributed by atoms with van der Waals surface area (Å²) in [5, 5.41) is 12.3. The Bertz CT molecular complexity index is 626. The lowest BCUT2D eigenvalue weighted by Crippen LogP contribution is -1.99. The predicted molar refractivity (Wildman–Crippen MR) is 72.6 cm³/mol. The summed E-state index contributed by atoms with van der Waals surface area (Å²) < 4.78 is 0. The van der Waals surface area contributed by atoms with Crippen molar-refractivity contribution < 1.29 is 0 Å². The number of nitrogens with one attached hydrogen (secondary N) is 1. The van der Waals surface area contributed by atoms with Crippen LogP contribution < -0.4 is 11.1 Å². The molecule has 0 radical (unpaired) electrons. The normalized spacial score (nSPS) is 9.83. The molecule has 90 valence electrons. The first-order chi connectivity index (χ1) is 8.61. The van der Waals surface area contributed by atoms with E-state index in [2.05, 4.69) is 16.4 Å². The molecule has 18 heavy (non-hydrogen) atoms. The summed E-state index contributed by atoms with van der Waals surface area (Å²) in [6.07, 6.45) is 1.71. The highest BCUT2D eigenvalue weighted by Gasteiger charge is 2.06. The maximum atomic E-state index is 9.14. The van der Waals surface area contributed by atoms with E-state index < -0.39 is 0 Å². The number of nitrogen functional groups attached to an aromatic ring is 1. The van der Waals surface area contributed by atoms with Crippen molar-refractivity contribution in [2.45, 2.75) is 13.8 Å². The Labute approximate surface area is 106 Å². The van der Waals surface area contributed by atoms with E-state index in [4.69, 9.17) is 11.0 Å². The van der Waals surface area contributed by atoms with Gasteiger partial charge in [0.25, 0.3) is 0 Å². The van der Waals surface area contributed by atoms with Gasteiger partial charge in [0.1, 0.15) is 11.9 Å². The lowest BCUT2D eigenvalue weighted by molar-refractivity contribution is 1.26. The van der Waals surface area contributed by atoms with Gasteiger partial charge in [-0.2, -0.15) is 5.26 Å². The molecular formula is C14H14N4. The number of aromatic nitrogens is 1. The van der Waals surface area contributed by atoms with Crippen LogP contribution in [0.15, 0.2) is 30.5 Å². The Kier molecular flexibility index (Phi) is 3.16. The van der Waals surface area contributed by atoms with Crippen molar-refractivity contribution in [3.63, 3.8) is 0 Å².